The molecule has 1 atom stereocenters. The topological polar surface area (TPSA) is 42.7 Å². The summed E-state index contributed by atoms with van der Waals surface area (Å²) in [7, 11) is 0. The Morgan fingerprint density at radius 1 is 1.41 bits per heavy atom. The fraction of sp³-hybridized carbons (Fsp3) is 0.385. The molecule has 0 spiro atoms. The predicted molar refractivity (Wildman–Crippen MR) is 66.8 cm³/mol. The number of benzene rings is 1. The third-order valence-corrected chi connectivity index (χ3v) is 3.19. The van der Waals surface area contributed by atoms with E-state index in [1.807, 2.05) is 6.33 Å². The molecule has 0 bridgehead atoms. The molecule has 1 aliphatic rings. The molecule has 0 amide bonds. The van der Waals surface area contributed by atoms with Crippen molar-refractivity contribution >= 4 is 5.69 Å². The molecule has 88 valence electrons. The molecule has 17 heavy (non-hydrogen) atoms. The van der Waals surface area contributed by atoms with E-state index in [2.05, 4.69) is 51.3 Å². The Kier molecular flexibility index (Phi) is 2.55. The van der Waals surface area contributed by atoms with Gasteiger partial charge < -0.3 is 9.88 Å². The summed E-state index contributed by atoms with van der Waals surface area (Å²) >= 11 is 0. The lowest BCUT2D eigenvalue weighted by Crippen LogP contribution is -2.13. The van der Waals surface area contributed by atoms with Crippen molar-refractivity contribution in [1.29, 1.82) is 0 Å². The van der Waals surface area contributed by atoms with Crippen LogP contribution in [0.5, 0.6) is 0 Å². The van der Waals surface area contributed by atoms with Gasteiger partial charge in [0.1, 0.15) is 6.33 Å². The molecular formula is C13H16N4. The Morgan fingerprint density at radius 2 is 2.29 bits per heavy atom. The number of rotatable bonds is 3. The smallest absolute Gasteiger partial charge is 0.155 e. The maximum Gasteiger partial charge on any atom is 0.155 e. The number of nitrogens with zero attached hydrogens (tertiary/aromatic N) is 3. The fourth-order valence-electron chi connectivity index (χ4n) is 2.40. The minimum atomic E-state index is 0.265. The van der Waals surface area contributed by atoms with Crippen molar-refractivity contribution in [3.8, 4) is 0 Å². The first-order valence-electron chi connectivity index (χ1n) is 6.10. The first kappa shape index (κ1) is 10.3. The molecule has 1 aromatic carbocycles. The minimum absolute atomic E-state index is 0.265. The molecule has 0 saturated heterocycles. The SMILES string of the molecule is CCCn1cnnc1C1Cc2ccccc2N1. The van der Waals surface area contributed by atoms with Crippen LogP contribution in [-0.4, -0.2) is 14.8 Å². The third-order valence-electron chi connectivity index (χ3n) is 3.19. The summed E-state index contributed by atoms with van der Waals surface area (Å²) < 4.78 is 2.14. The van der Waals surface area contributed by atoms with Crippen molar-refractivity contribution in [3.63, 3.8) is 0 Å². The van der Waals surface area contributed by atoms with E-state index >= 15 is 0 Å². The van der Waals surface area contributed by atoms with Gasteiger partial charge in [0.15, 0.2) is 5.82 Å². The molecule has 1 unspecified atom stereocenters. The molecule has 1 aliphatic heterocycles. The molecule has 0 aliphatic carbocycles. The molecule has 0 fully saturated rings. The van der Waals surface area contributed by atoms with Crippen molar-refractivity contribution in [2.24, 2.45) is 0 Å². The number of fused-ring (bicyclic) bond motifs is 1. The van der Waals surface area contributed by atoms with Crippen LogP contribution in [0.1, 0.15) is 30.8 Å². The van der Waals surface area contributed by atoms with E-state index in [-0.39, 0.29) is 6.04 Å². The van der Waals surface area contributed by atoms with Gasteiger partial charge in [0.2, 0.25) is 0 Å². The zero-order valence-corrected chi connectivity index (χ0v) is 9.93. The Morgan fingerprint density at radius 3 is 3.12 bits per heavy atom. The number of hydrogen-bond donors (Lipinski definition) is 1. The van der Waals surface area contributed by atoms with Crippen LogP contribution < -0.4 is 5.32 Å². The van der Waals surface area contributed by atoms with Crippen LogP contribution in [0.2, 0.25) is 0 Å². The summed E-state index contributed by atoms with van der Waals surface area (Å²) in [5, 5.41) is 11.8. The summed E-state index contributed by atoms with van der Waals surface area (Å²) in [5.41, 5.74) is 2.59. The van der Waals surface area contributed by atoms with E-state index in [1.165, 1.54) is 11.3 Å². The molecule has 1 aromatic heterocycles. The summed E-state index contributed by atoms with van der Waals surface area (Å²) in [6.07, 6.45) is 3.92. The first-order chi connectivity index (χ1) is 8.38. The fourth-order valence-corrected chi connectivity index (χ4v) is 2.40. The number of hydrogen-bond acceptors (Lipinski definition) is 3. The van der Waals surface area contributed by atoms with Gasteiger partial charge in [-0.1, -0.05) is 25.1 Å². The van der Waals surface area contributed by atoms with Gasteiger partial charge in [-0.15, -0.1) is 10.2 Å². The quantitative estimate of drug-likeness (QED) is 0.877. The van der Waals surface area contributed by atoms with Crippen LogP contribution in [0.4, 0.5) is 5.69 Å². The predicted octanol–water partition coefficient (Wildman–Crippen LogP) is 2.40. The van der Waals surface area contributed by atoms with Crippen molar-refractivity contribution in [2.45, 2.75) is 32.4 Å². The maximum atomic E-state index is 4.25. The lowest BCUT2D eigenvalue weighted by molar-refractivity contribution is 0.604. The summed E-state index contributed by atoms with van der Waals surface area (Å²) in [5.74, 6) is 1.04. The van der Waals surface area contributed by atoms with Crippen LogP contribution in [0.25, 0.3) is 0 Å². The second kappa shape index (κ2) is 4.20. The lowest BCUT2D eigenvalue weighted by Gasteiger charge is -2.12. The highest BCUT2D eigenvalue weighted by molar-refractivity contribution is 5.57. The number of nitrogens with one attached hydrogen (secondary N) is 1. The highest BCUT2D eigenvalue weighted by Crippen LogP contribution is 2.32. The average Bonchev–Trinajstić information content (AvgIpc) is 2.94. The van der Waals surface area contributed by atoms with Crippen LogP contribution in [0.15, 0.2) is 30.6 Å². The Balaban J connectivity index is 1.86. The third kappa shape index (κ3) is 1.79. The molecule has 4 heteroatoms. The molecule has 0 radical (unpaired) electrons. The Labute approximate surface area is 101 Å². The number of aromatic nitrogens is 3. The van der Waals surface area contributed by atoms with Crippen LogP contribution >= 0.6 is 0 Å². The van der Waals surface area contributed by atoms with E-state index in [4.69, 9.17) is 0 Å². The van der Waals surface area contributed by atoms with E-state index in [9.17, 15) is 0 Å². The largest absolute Gasteiger partial charge is 0.375 e. The number of aryl methyl sites for hydroxylation is 1. The second-order valence-electron chi connectivity index (χ2n) is 4.44. The molecular weight excluding hydrogens is 212 g/mol. The van der Waals surface area contributed by atoms with Crippen LogP contribution in [-0.2, 0) is 13.0 Å². The van der Waals surface area contributed by atoms with Crippen molar-refractivity contribution in [2.75, 3.05) is 5.32 Å². The summed E-state index contributed by atoms with van der Waals surface area (Å²) in [4.78, 5) is 0. The summed E-state index contributed by atoms with van der Waals surface area (Å²) in [6.45, 7) is 3.15. The van der Waals surface area contributed by atoms with E-state index in [0.29, 0.717) is 0 Å². The van der Waals surface area contributed by atoms with Crippen LogP contribution in [0, 0.1) is 0 Å². The first-order valence-corrected chi connectivity index (χ1v) is 6.10. The zero-order chi connectivity index (χ0) is 11.7. The van der Waals surface area contributed by atoms with E-state index in [0.717, 1.165) is 25.2 Å². The van der Waals surface area contributed by atoms with Gasteiger partial charge in [-0.25, -0.2) is 0 Å². The molecule has 2 aromatic rings. The van der Waals surface area contributed by atoms with Gasteiger partial charge in [-0.05, 0) is 18.1 Å². The molecule has 3 rings (SSSR count). The van der Waals surface area contributed by atoms with Gasteiger partial charge in [0, 0.05) is 18.7 Å². The Bertz CT molecular complexity index is 493. The van der Waals surface area contributed by atoms with Gasteiger partial charge in [-0.3, -0.25) is 0 Å². The van der Waals surface area contributed by atoms with Gasteiger partial charge in [-0.2, -0.15) is 0 Å². The minimum Gasteiger partial charge on any atom is -0.375 e. The highest BCUT2D eigenvalue weighted by Gasteiger charge is 2.25. The monoisotopic (exact) mass is 228 g/mol. The van der Waals surface area contributed by atoms with Gasteiger partial charge in [0.25, 0.3) is 0 Å². The summed E-state index contributed by atoms with van der Waals surface area (Å²) in [6, 6.07) is 8.70. The average molecular weight is 228 g/mol. The number of para-hydroxylation sites is 1. The van der Waals surface area contributed by atoms with Crippen LogP contribution in [0.3, 0.4) is 0 Å². The normalized spacial score (nSPS) is 17.8. The molecule has 2 heterocycles. The zero-order valence-electron chi connectivity index (χ0n) is 9.93. The van der Waals surface area contributed by atoms with Crippen molar-refractivity contribution in [1.82, 2.24) is 14.8 Å². The highest BCUT2D eigenvalue weighted by atomic mass is 15.3. The van der Waals surface area contributed by atoms with Crippen molar-refractivity contribution in [3.05, 3.63) is 42.0 Å². The van der Waals surface area contributed by atoms with E-state index < -0.39 is 0 Å². The molecule has 0 saturated carbocycles. The molecule has 4 nitrogen and oxygen atoms in total. The lowest BCUT2D eigenvalue weighted by atomic mass is 10.1. The van der Waals surface area contributed by atoms with Crippen molar-refractivity contribution < 1.29 is 0 Å². The number of anilines is 1. The Hall–Kier alpha value is -1.84. The maximum absolute atomic E-state index is 4.25. The van der Waals surface area contributed by atoms with Gasteiger partial charge >= 0.3 is 0 Å². The van der Waals surface area contributed by atoms with E-state index in [1.54, 1.807) is 0 Å². The standard InChI is InChI=1S/C13H16N4/c1-2-7-17-9-14-16-13(17)12-8-10-5-3-4-6-11(10)15-12/h3-6,9,12,15H,2,7-8H2,1H3. The van der Waals surface area contributed by atoms with Gasteiger partial charge in [0.05, 0.1) is 6.04 Å². The molecule has 1 N–H and O–H groups in total. The second-order valence-corrected chi connectivity index (χ2v) is 4.44.